The zero-order valence-corrected chi connectivity index (χ0v) is 20.1. The Morgan fingerprint density at radius 1 is 0.886 bits per heavy atom. The number of hydrogen-bond donors (Lipinski definition) is 1. The van der Waals surface area contributed by atoms with Crippen LogP contribution in [0.15, 0.2) is 94.2 Å². The van der Waals surface area contributed by atoms with Gasteiger partial charge >= 0.3 is 5.97 Å². The molecule has 5 aromatic rings. The highest BCUT2D eigenvalue weighted by atomic mass is 32.2. The smallest absolute Gasteiger partial charge is 0.342 e. The van der Waals surface area contributed by atoms with Crippen LogP contribution in [0.5, 0.6) is 0 Å². The first-order valence-electron chi connectivity index (χ1n) is 11.2. The van der Waals surface area contributed by atoms with Gasteiger partial charge in [0.2, 0.25) is 0 Å². The summed E-state index contributed by atoms with van der Waals surface area (Å²) >= 11 is 0. The molecule has 0 saturated carbocycles. The molecule has 1 aromatic heterocycles. The van der Waals surface area contributed by atoms with E-state index < -0.39 is 16.0 Å². The van der Waals surface area contributed by atoms with Crippen molar-refractivity contribution in [3.8, 4) is 11.3 Å². The van der Waals surface area contributed by atoms with Gasteiger partial charge in [0.05, 0.1) is 17.2 Å². The van der Waals surface area contributed by atoms with E-state index in [9.17, 15) is 13.2 Å². The minimum Gasteiger partial charge on any atom is -0.462 e. The molecule has 0 spiro atoms. The molecule has 0 fully saturated rings. The molecule has 0 amide bonds. The number of rotatable bonds is 6. The SMILES string of the molecule is CCOC(=O)c1c(-c2ccccc2)oc2c1cc(NS(=O)(=O)c1ccc(C)cc1)c1ccccc12. The van der Waals surface area contributed by atoms with E-state index in [0.717, 1.165) is 11.1 Å². The molecule has 0 bridgehead atoms. The molecule has 1 N–H and O–H groups in total. The Balaban J connectivity index is 1.77. The highest BCUT2D eigenvalue weighted by Crippen LogP contribution is 2.41. The molecule has 176 valence electrons. The number of carbonyl (C=O) groups is 1. The van der Waals surface area contributed by atoms with Crippen LogP contribution in [0.4, 0.5) is 5.69 Å². The topological polar surface area (TPSA) is 85.6 Å². The number of sulfonamides is 1. The van der Waals surface area contributed by atoms with Gasteiger partial charge in [-0.25, -0.2) is 13.2 Å². The second-order valence-corrected chi connectivity index (χ2v) is 9.84. The van der Waals surface area contributed by atoms with Gasteiger partial charge in [-0.3, -0.25) is 4.72 Å². The lowest BCUT2D eigenvalue weighted by Gasteiger charge is -2.12. The average Bonchev–Trinajstić information content (AvgIpc) is 3.25. The number of hydrogen-bond acceptors (Lipinski definition) is 5. The Kier molecular flexibility index (Phi) is 5.78. The fourth-order valence-corrected chi connectivity index (χ4v) is 5.19. The molecule has 0 radical (unpaired) electrons. The number of nitrogens with one attached hydrogen (secondary N) is 1. The first-order valence-corrected chi connectivity index (χ1v) is 12.7. The number of ether oxygens (including phenoxy) is 1. The molecule has 0 saturated heterocycles. The van der Waals surface area contributed by atoms with Crippen LogP contribution in [0.25, 0.3) is 33.1 Å². The van der Waals surface area contributed by atoms with E-state index in [-0.39, 0.29) is 17.1 Å². The van der Waals surface area contributed by atoms with Gasteiger partial charge < -0.3 is 9.15 Å². The highest BCUT2D eigenvalue weighted by Gasteiger charge is 2.26. The van der Waals surface area contributed by atoms with Crippen LogP contribution in [-0.4, -0.2) is 21.0 Å². The minimum absolute atomic E-state index is 0.148. The fourth-order valence-electron chi connectivity index (χ4n) is 4.12. The molecule has 0 aliphatic heterocycles. The summed E-state index contributed by atoms with van der Waals surface area (Å²) in [4.78, 5) is 13.2. The van der Waals surface area contributed by atoms with Crippen molar-refractivity contribution in [2.45, 2.75) is 18.7 Å². The molecule has 0 aliphatic rings. The van der Waals surface area contributed by atoms with E-state index in [2.05, 4.69) is 4.72 Å². The molecule has 7 heteroatoms. The number of fused-ring (bicyclic) bond motifs is 3. The fraction of sp³-hybridized carbons (Fsp3) is 0.107. The third-order valence-electron chi connectivity index (χ3n) is 5.79. The summed E-state index contributed by atoms with van der Waals surface area (Å²) < 4.78 is 40.8. The van der Waals surface area contributed by atoms with E-state index in [0.29, 0.717) is 33.2 Å². The molecular weight excluding hydrogens is 462 g/mol. The van der Waals surface area contributed by atoms with E-state index in [1.165, 1.54) is 0 Å². The average molecular weight is 486 g/mol. The summed E-state index contributed by atoms with van der Waals surface area (Å²) in [5.74, 6) is -0.157. The van der Waals surface area contributed by atoms with Gasteiger partial charge in [0, 0.05) is 21.7 Å². The summed E-state index contributed by atoms with van der Waals surface area (Å²) in [5, 5.41) is 1.81. The predicted octanol–water partition coefficient (Wildman–Crippen LogP) is 6.54. The van der Waals surface area contributed by atoms with Gasteiger partial charge in [0.15, 0.2) is 0 Å². The standard InChI is InChI=1S/C28H23NO5S/c1-3-33-28(30)25-23-17-24(29-35(31,32)20-15-13-18(2)14-16-20)21-11-7-8-12-22(21)27(23)34-26(25)19-9-5-4-6-10-19/h4-17,29H,3H2,1-2H3. The van der Waals surface area contributed by atoms with Gasteiger partial charge in [-0.2, -0.15) is 0 Å². The van der Waals surface area contributed by atoms with Crippen LogP contribution in [0, 0.1) is 6.92 Å². The summed E-state index contributed by atoms with van der Waals surface area (Å²) in [6.07, 6.45) is 0. The zero-order chi connectivity index (χ0) is 24.6. The summed E-state index contributed by atoms with van der Waals surface area (Å²) in [7, 11) is -3.88. The van der Waals surface area contributed by atoms with Crippen LogP contribution in [-0.2, 0) is 14.8 Å². The largest absolute Gasteiger partial charge is 0.462 e. The highest BCUT2D eigenvalue weighted by molar-refractivity contribution is 7.92. The number of furan rings is 1. The molecule has 35 heavy (non-hydrogen) atoms. The quantitative estimate of drug-likeness (QED) is 0.276. The van der Waals surface area contributed by atoms with Crippen LogP contribution < -0.4 is 4.72 Å². The van der Waals surface area contributed by atoms with E-state index >= 15 is 0 Å². The summed E-state index contributed by atoms with van der Waals surface area (Å²) in [6.45, 7) is 3.82. The summed E-state index contributed by atoms with van der Waals surface area (Å²) in [6, 6.07) is 24.9. The Bertz CT molecular complexity index is 1650. The van der Waals surface area contributed by atoms with E-state index in [1.807, 2.05) is 61.5 Å². The van der Waals surface area contributed by atoms with Gasteiger partial charge in [-0.1, -0.05) is 72.3 Å². The molecule has 0 aliphatic carbocycles. The number of esters is 1. The lowest BCUT2D eigenvalue weighted by atomic mass is 10.0. The third kappa shape index (κ3) is 4.15. The maximum atomic E-state index is 13.2. The lowest BCUT2D eigenvalue weighted by Crippen LogP contribution is -2.13. The molecule has 5 rings (SSSR count). The Labute approximate surface area is 203 Å². The maximum absolute atomic E-state index is 13.2. The van der Waals surface area contributed by atoms with Crippen molar-refractivity contribution in [2.75, 3.05) is 11.3 Å². The second kappa shape index (κ2) is 8.92. The Hall–Kier alpha value is -4.10. The van der Waals surface area contributed by atoms with E-state index in [4.69, 9.17) is 9.15 Å². The van der Waals surface area contributed by atoms with Crippen LogP contribution in [0.1, 0.15) is 22.8 Å². The van der Waals surface area contributed by atoms with Crippen molar-refractivity contribution in [1.29, 1.82) is 0 Å². The first-order chi connectivity index (χ1) is 16.9. The minimum atomic E-state index is -3.88. The summed E-state index contributed by atoms with van der Waals surface area (Å²) in [5.41, 5.74) is 2.77. The first kappa shape index (κ1) is 22.7. The van der Waals surface area contributed by atoms with Crippen molar-refractivity contribution in [3.63, 3.8) is 0 Å². The molecular formula is C28H23NO5S. The predicted molar refractivity (Wildman–Crippen MR) is 137 cm³/mol. The van der Waals surface area contributed by atoms with Gasteiger partial charge in [-0.15, -0.1) is 0 Å². The maximum Gasteiger partial charge on any atom is 0.342 e. The molecule has 0 unspecified atom stereocenters. The Morgan fingerprint density at radius 2 is 1.54 bits per heavy atom. The number of anilines is 1. The third-order valence-corrected chi connectivity index (χ3v) is 7.17. The van der Waals surface area contributed by atoms with Crippen molar-refractivity contribution >= 4 is 43.4 Å². The monoisotopic (exact) mass is 485 g/mol. The van der Waals surface area contributed by atoms with Crippen LogP contribution >= 0.6 is 0 Å². The van der Waals surface area contributed by atoms with Gasteiger partial charge in [-0.05, 0) is 32.0 Å². The molecule has 1 heterocycles. The lowest BCUT2D eigenvalue weighted by molar-refractivity contribution is 0.0528. The second-order valence-electron chi connectivity index (χ2n) is 8.16. The van der Waals surface area contributed by atoms with Crippen LogP contribution in [0.3, 0.4) is 0 Å². The van der Waals surface area contributed by atoms with Gasteiger partial charge in [0.25, 0.3) is 10.0 Å². The van der Waals surface area contributed by atoms with Crippen LogP contribution in [0.2, 0.25) is 0 Å². The number of benzene rings is 4. The Morgan fingerprint density at radius 3 is 2.23 bits per heavy atom. The molecule has 0 atom stereocenters. The number of carbonyl (C=O) groups excluding carboxylic acids is 1. The molecule has 6 nitrogen and oxygen atoms in total. The van der Waals surface area contributed by atoms with Gasteiger partial charge in [0.1, 0.15) is 16.9 Å². The van der Waals surface area contributed by atoms with E-state index in [1.54, 1.807) is 37.3 Å². The number of aryl methyl sites for hydroxylation is 1. The van der Waals surface area contributed by atoms with Crippen molar-refractivity contribution in [1.82, 2.24) is 0 Å². The molecule has 4 aromatic carbocycles. The van der Waals surface area contributed by atoms with Crippen molar-refractivity contribution in [3.05, 3.63) is 96.1 Å². The van der Waals surface area contributed by atoms with Crippen molar-refractivity contribution in [2.24, 2.45) is 0 Å². The normalized spacial score (nSPS) is 11.6. The zero-order valence-electron chi connectivity index (χ0n) is 19.2. The van der Waals surface area contributed by atoms with Crippen molar-refractivity contribution < 1.29 is 22.4 Å².